The largest absolute Gasteiger partial charge is 0.330 e. The van der Waals surface area contributed by atoms with E-state index in [0.29, 0.717) is 30.4 Å². The summed E-state index contributed by atoms with van der Waals surface area (Å²) in [5, 5.41) is 0. The first-order valence-corrected chi connectivity index (χ1v) is 7.75. The molecule has 1 heterocycles. The monoisotopic (exact) mass is 268 g/mol. The van der Waals surface area contributed by atoms with E-state index < -0.39 is 10.0 Å². The molecule has 0 spiro atoms. The lowest BCUT2D eigenvalue weighted by Gasteiger charge is -2.30. The number of nitrogens with zero attached hydrogens (tertiary/aromatic N) is 1. The Morgan fingerprint density at radius 3 is 2.28 bits per heavy atom. The van der Waals surface area contributed by atoms with E-state index in [9.17, 15) is 8.42 Å². The summed E-state index contributed by atoms with van der Waals surface area (Å²) < 4.78 is 26.3. The quantitative estimate of drug-likeness (QED) is 0.900. The van der Waals surface area contributed by atoms with Gasteiger partial charge in [0.2, 0.25) is 10.0 Å². The molecule has 0 saturated carbocycles. The van der Waals surface area contributed by atoms with Gasteiger partial charge in [0.15, 0.2) is 0 Å². The van der Waals surface area contributed by atoms with Gasteiger partial charge in [0, 0.05) is 13.1 Å². The number of rotatable bonds is 3. The third kappa shape index (κ3) is 2.74. The van der Waals surface area contributed by atoms with Gasteiger partial charge in [0.25, 0.3) is 0 Å². The molecule has 0 aromatic heterocycles. The number of sulfonamides is 1. The van der Waals surface area contributed by atoms with Crippen molar-refractivity contribution < 1.29 is 8.42 Å². The van der Waals surface area contributed by atoms with Crippen molar-refractivity contribution in [3.8, 4) is 0 Å². The standard InChI is InChI=1S/C13H20N2O2S/c1-11-2-4-13(5-3-11)18(16,17)15-8-6-12(10-14)7-9-15/h2-5,12H,6-10,14H2,1H3. The van der Waals surface area contributed by atoms with Gasteiger partial charge in [-0.1, -0.05) is 17.7 Å². The summed E-state index contributed by atoms with van der Waals surface area (Å²) in [5.74, 6) is 0.467. The Labute approximate surface area is 109 Å². The van der Waals surface area contributed by atoms with Gasteiger partial charge in [-0.3, -0.25) is 0 Å². The third-order valence-corrected chi connectivity index (χ3v) is 5.48. The molecule has 1 fully saturated rings. The van der Waals surface area contributed by atoms with Gasteiger partial charge in [0.1, 0.15) is 0 Å². The molecule has 18 heavy (non-hydrogen) atoms. The van der Waals surface area contributed by atoms with Crippen LogP contribution in [-0.4, -0.2) is 32.4 Å². The average molecular weight is 268 g/mol. The van der Waals surface area contributed by atoms with Gasteiger partial charge >= 0.3 is 0 Å². The number of piperidine rings is 1. The molecule has 5 heteroatoms. The third-order valence-electron chi connectivity index (χ3n) is 3.57. The van der Waals surface area contributed by atoms with Crippen molar-refractivity contribution in [2.75, 3.05) is 19.6 Å². The van der Waals surface area contributed by atoms with Gasteiger partial charge in [-0.05, 0) is 44.4 Å². The van der Waals surface area contributed by atoms with Crippen LogP contribution in [0.3, 0.4) is 0 Å². The van der Waals surface area contributed by atoms with Crippen molar-refractivity contribution in [1.29, 1.82) is 0 Å². The molecule has 0 atom stereocenters. The Hall–Kier alpha value is -0.910. The Morgan fingerprint density at radius 1 is 1.22 bits per heavy atom. The van der Waals surface area contributed by atoms with E-state index in [1.54, 1.807) is 16.4 Å². The van der Waals surface area contributed by atoms with E-state index in [-0.39, 0.29) is 0 Å². The molecule has 0 bridgehead atoms. The van der Waals surface area contributed by atoms with Crippen LogP contribution in [0.5, 0.6) is 0 Å². The first-order chi connectivity index (χ1) is 8.54. The first-order valence-electron chi connectivity index (χ1n) is 6.31. The summed E-state index contributed by atoms with van der Waals surface area (Å²) >= 11 is 0. The number of hydrogen-bond acceptors (Lipinski definition) is 3. The normalized spacial score (nSPS) is 19.0. The average Bonchev–Trinajstić information content (AvgIpc) is 2.39. The predicted octanol–water partition coefficient (Wildman–Crippen LogP) is 1.35. The van der Waals surface area contributed by atoms with E-state index in [1.807, 2.05) is 19.1 Å². The number of aryl methyl sites for hydroxylation is 1. The summed E-state index contributed by atoms with van der Waals surface area (Å²) in [7, 11) is -3.32. The second-order valence-electron chi connectivity index (χ2n) is 4.90. The minimum Gasteiger partial charge on any atom is -0.330 e. The van der Waals surface area contributed by atoms with Crippen molar-refractivity contribution in [1.82, 2.24) is 4.31 Å². The zero-order valence-corrected chi connectivity index (χ0v) is 11.5. The first kappa shape index (κ1) is 13.5. The molecule has 1 aromatic rings. The van der Waals surface area contributed by atoms with Crippen LogP contribution in [0.1, 0.15) is 18.4 Å². The van der Waals surface area contributed by atoms with Gasteiger partial charge in [-0.2, -0.15) is 4.31 Å². The molecule has 1 saturated heterocycles. The molecule has 2 N–H and O–H groups in total. The predicted molar refractivity (Wildman–Crippen MR) is 71.7 cm³/mol. The summed E-state index contributed by atoms with van der Waals surface area (Å²) in [5.41, 5.74) is 6.68. The molecule has 0 aliphatic carbocycles. The lowest BCUT2D eigenvalue weighted by Crippen LogP contribution is -2.39. The maximum atomic E-state index is 12.4. The molecule has 1 aliphatic heterocycles. The number of benzene rings is 1. The van der Waals surface area contributed by atoms with E-state index in [4.69, 9.17) is 5.73 Å². The number of hydrogen-bond donors (Lipinski definition) is 1. The van der Waals surface area contributed by atoms with E-state index >= 15 is 0 Å². The van der Waals surface area contributed by atoms with E-state index in [1.165, 1.54) is 0 Å². The fourth-order valence-corrected chi connectivity index (χ4v) is 3.71. The highest BCUT2D eigenvalue weighted by Crippen LogP contribution is 2.23. The molecule has 2 rings (SSSR count). The highest BCUT2D eigenvalue weighted by molar-refractivity contribution is 7.89. The smallest absolute Gasteiger partial charge is 0.243 e. The van der Waals surface area contributed by atoms with Crippen LogP contribution < -0.4 is 5.73 Å². The minimum absolute atomic E-state index is 0.388. The van der Waals surface area contributed by atoms with Crippen LogP contribution in [0.25, 0.3) is 0 Å². The van der Waals surface area contributed by atoms with Crippen molar-refractivity contribution in [3.05, 3.63) is 29.8 Å². The van der Waals surface area contributed by atoms with Crippen LogP contribution in [-0.2, 0) is 10.0 Å². The fraction of sp³-hybridized carbons (Fsp3) is 0.538. The van der Waals surface area contributed by atoms with E-state index in [0.717, 1.165) is 18.4 Å². The second kappa shape index (κ2) is 5.38. The Morgan fingerprint density at radius 2 is 1.78 bits per heavy atom. The zero-order chi connectivity index (χ0) is 13.2. The SMILES string of the molecule is Cc1ccc(S(=O)(=O)N2CCC(CN)CC2)cc1. The molecule has 0 amide bonds. The maximum absolute atomic E-state index is 12.4. The van der Waals surface area contributed by atoms with Crippen molar-refractivity contribution in [3.63, 3.8) is 0 Å². The summed E-state index contributed by atoms with van der Waals surface area (Å²) in [6.45, 7) is 3.76. The Bertz CT molecular complexity index is 488. The Balaban J connectivity index is 2.15. The molecule has 1 aliphatic rings. The molecule has 100 valence electrons. The summed E-state index contributed by atoms with van der Waals surface area (Å²) in [6.07, 6.45) is 1.73. The van der Waals surface area contributed by atoms with Crippen molar-refractivity contribution in [2.24, 2.45) is 11.7 Å². The topological polar surface area (TPSA) is 63.4 Å². The molecular weight excluding hydrogens is 248 g/mol. The highest BCUT2D eigenvalue weighted by Gasteiger charge is 2.28. The Kier molecular flexibility index (Phi) is 4.04. The van der Waals surface area contributed by atoms with Crippen molar-refractivity contribution in [2.45, 2.75) is 24.7 Å². The van der Waals surface area contributed by atoms with Crippen LogP contribution in [0.4, 0.5) is 0 Å². The molecule has 4 nitrogen and oxygen atoms in total. The van der Waals surface area contributed by atoms with Crippen LogP contribution >= 0.6 is 0 Å². The lowest BCUT2D eigenvalue weighted by molar-refractivity contribution is 0.278. The van der Waals surface area contributed by atoms with Crippen molar-refractivity contribution >= 4 is 10.0 Å². The molecule has 1 aromatic carbocycles. The summed E-state index contributed by atoms with van der Waals surface area (Å²) in [6, 6.07) is 7.03. The van der Waals surface area contributed by atoms with Gasteiger partial charge in [0.05, 0.1) is 4.90 Å². The van der Waals surface area contributed by atoms with Crippen LogP contribution in [0.15, 0.2) is 29.2 Å². The minimum atomic E-state index is -3.32. The molecule has 0 radical (unpaired) electrons. The van der Waals surface area contributed by atoms with Crippen LogP contribution in [0, 0.1) is 12.8 Å². The van der Waals surface area contributed by atoms with E-state index in [2.05, 4.69) is 0 Å². The zero-order valence-electron chi connectivity index (χ0n) is 10.7. The molecular formula is C13H20N2O2S. The fourth-order valence-electron chi connectivity index (χ4n) is 2.24. The summed E-state index contributed by atoms with van der Waals surface area (Å²) in [4.78, 5) is 0.388. The van der Waals surface area contributed by atoms with Gasteiger partial charge in [-0.25, -0.2) is 8.42 Å². The highest BCUT2D eigenvalue weighted by atomic mass is 32.2. The van der Waals surface area contributed by atoms with Crippen LogP contribution in [0.2, 0.25) is 0 Å². The van der Waals surface area contributed by atoms with Gasteiger partial charge < -0.3 is 5.73 Å². The maximum Gasteiger partial charge on any atom is 0.243 e. The molecule has 0 unspecified atom stereocenters. The second-order valence-corrected chi connectivity index (χ2v) is 6.83. The number of nitrogens with two attached hydrogens (primary N) is 1. The van der Waals surface area contributed by atoms with Gasteiger partial charge in [-0.15, -0.1) is 0 Å². The lowest BCUT2D eigenvalue weighted by atomic mass is 9.99.